The van der Waals surface area contributed by atoms with Gasteiger partial charge in [0.1, 0.15) is 0 Å². The largest absolute Gasteiger partial charge is 0.388 e. The Bertz CT molecular complexity index is 529. The van der Waals surface area contributed by atoms with Crippen LogP contribution in [0.5, 0.6) is 0 Å². The molecule has 0 spiro atoms. The van der Waals surface area contributed by atoms with E-state index in [0.717, 1.165) is 27.0 Å². The summed E-state index contributed by atoms with van der Waals surface area (Å²) in [7, 11) is 0. The molecule has 0 aliphatic carbocycles. The first-order valence-electron chi connectivity index (χ1n) is 6.07. The number of nitrogens with zero attached hydrogens (tertiary/aromatic N) is 1. The molecule has 5 heteroatoms. The van der Waals surface area contributed by atoms with Crippen molar-refractivity contribution in [3.63, 3.8) is 0 Å². The molecule has 1 aromatic carbocycles. The van der Waals surface area contributed by atoms with Gasteiger partial charge in [-0.15, -0.1) is 5.53 Å². The standard InChI is InChI=1S/C13H16BrN3O/c1-7-5-12(18)11-6-9(14)3-4-10(11)13-8(2)15-16-17(7)13/h3-4,6-7,12,15-16,18H,5H2,1-2H3. The molecule has 0 amide bonds. The molecule has 0 radical (unpaired) electrons. The monoisotopic (exact) mass is 309 g/mol. The minimum Gasteiger partial charge on any atom is -0.388 e. The van der Waals surface area contributed by atoms with Crippen LogP contribution in [0.3, 0.4) is 0 Å². The zero-order chi connectivity index (χ0) is 12.9. The second-order valence-electron chi connectivity index (χ2n) is 4.91. The highest BCUT2D eigenvalue weighted by Crippen LogP contribution is 2.38. The Morgan fingerprint density at radius 1 is 1.44 bits per heavy atom. The van der Waals surface area contributed by atoms with Crippen molar-refractivity contribution in [2.45, 2.75) is 32.4 Å². The number of benzene rings is 1. The van der Waals surface area contributed by atoms with E-state index in [1.165, 1.54) is 0 Å². The maximum atomic E-state index is 10.4. The van der Waals surface area contributed by atoms with Crippen LogP contribution in [0.25, 0.3) is 5.70 Å². The van der Waals surface area contributed by atoms with Crippen LogP contribution in [0.15, 0.2) is 28.4 Å². The third-order valence-corrected chi connectivity index (χ3v) is 4.09. The lowest BCUT2D eigenvalue weighted by molar-refractivity contribution is 0.120. The molecule has 0 fully saturated rings. The van der Waals surface area contributed by atoms with Crippen LogP contribution in [0, 0.1) is 0 Å². The lowest BCUT2D eigenvalue weighted by atomic mass is 9.98. The normalized spacial score (nSPS) is 26.6. The lowest BCUT2D eigenvalue weighted by Crippen LogP contribution is -2.42. The average molecular weight is 310 g/mol. The van der Waals surface area contributed by atoms with Gasteiger partial charge in [0.05, 0.1) is 17.5 Å². The molecule has 0 saturated heterocycles. The van der Waals surface area contributed by atoms with E-state index in [1.54, 1.807) is 0 Å². The number of hydrogen-bond acceptors (Lipinski definition) is 4. The molecule has 2 aliphatic heterocycles. The molecule has 2 aliphatic rings. The molecular formula is C13H16BrN3O. The molecule has 4 nitrogen and oxygen atoms in total. The lowest BCUT2D eigenvalue weighted by Gasteiger charge is -2.26. The van der Waals surface area contributed by atoms with Crippen molar-refractivity contribution in [1.82, 2.24) is 16.0 Å². The molecule has 3 N–H and O–H groups in total. The summed E-state index contributed by atoms with van der Waals surface area (Å²) in [4.78, 5) is 0. The maximum Gasteiger partial charge on any atom is 0.0817 e. The van der Waals surface area contributed by atoms with Crippen molar-refractivity contribution in [2.75, 3.05) is 0 Å². The maximum absolute atomic E-state index is 10.4. The number of nitrogens with one attached hydrogen (secondary N) is 2. The van der Waals surface area contributed by atoms with E-state index in [-0.39, 0.29) is 6.04 Å². The van der Waals surface area contributed by atoms with Crippen LogP contribution in [0.1, 0.15) is 37.5 Å². The van der Waals surface area contributed by atoms with Gasteiger partial charge in [0.25, 0.3) is 0 Å². The number of fused-ring (bicyclic) bond motifs is 3. The zero-order valence-corrected chi connectivity index (χ0v) is 12.0. The molecule has 0 aromatic heterocycles. The third kappa shape index (κ3) is 1.74. The first-order valence-corrected chi connectivity index (χ1v) is 6.87. The molecule has 0 saturated carbocycles. The Morgan fingerprint density at radius 3 is 3.00 bits per heavy atom. The average Bonchev–Trinajstić information content (AvgIpc) is 2.66. The van der Waals surface area contributed by atoms with E-state index in [4.69, 9.17) is 0 Å². The van der Waals surface area contributed by atoms with Crippen molar-refractivity contribution < 1.29 is 5.11 Å². The zero-order valence-electron chi connectivity index (χ0n) is 10.4. The highest BCUT2D eigenvalue weighted by molar-refractivity contribution is 9.10. The van der Waals surface area contributed by atoms with Crippen LogP contribution in [-0.2, 0) is 0 Å². The Morgan fingerprint density at radius 2 is 2.22 bits per heavy atom. The Balaban J connectivity index is 2.22. The smallest absolute Gasteiger partial charge is 0.0817 e. The van der Waals surface area contributed by atoms with Crippen molar-refractivity contribution >= 4 is 21.6 Å². The number of hydrogen-bond donors (Lipinski definition) is 3. The van der Waals surface area contributed by atoms with E-state index < -0.39 is 6.10 Å². The van der Waals surface area contributed by atoms with Crippen molar-refractivity contribution in [2.24, 2.45) is 0 Å². The van der Waals surface area contributed by atoms with Gasteiger partial charge in [-0.2, -0.15) is 0 Å². The van der Waals surface area contributed by atoms with Crippen LogP contribution < -0.4 is 11.0 Å². The molecule has 2 atom stereocenters. The molecule has 96 valence electrons. The number of allylic oxidation sites excluding steroid dienone is 1. The van der Waals surface area contributed by atoms with E-state index in [0.29, 0.717) is 6.42 Å². The van der Waals surface area contributed by atoms with Crippen molar-refractivity contribution in [1.29, 1.82) is 0 Å². The summed E-state index contributed by atoms with van der Waals surface area (Å²) in [5.74, 6) is 0. The van der Waals surface area contributed by atoms with Gasteiger partial charge >= 0.3 is 0 Å². The van der Waals surface area contributed by atoms with Gasteiger partial charge in [-0.1, -0.05) is 22.0 Å². The van der Waals surface area contributed by atoms with Crippen LogP contribution >= 0.6 is 15.9 Å². The quantitative estimate of drug-likeness (QED) is 0.688. The Kier molecular flexibility index (Phi) is 2.84. The van der Waals surface area contributed by atoms with Crippen LogP contribution in [-0.4, -0.2) is 16.2 Å². The molecule has 3 rings (SSSR count). The Hall–Kier alpha value is -1.04. The number of halogens is 1. The summed E-state index contributed by atoms with van der Waals surface area (Å²) in [6.45, 7) is 4.15. The fourth-order valence-corrected chi connectivity index (χ4v) is 3.06. The predicted molar refractivity (Wildman–Crippen MR) is 73.9 cm³/mol. The van der Waals surface area contributed by atoms with Gasteiger partial charge in [0, 0.05) is 16.1 Å². The second-order valence-corrected chi connectivity index (χ2v) is 5.83. The minimum absolute atomic E-state index is 0.228. The van der Waals surface area contributed by atoms with E-state index >= 15 is 0 Å². The summed E-state index contributed by atoms with van der Waals surface area (Å²) < 4.78 is 0.999. The van der Waals surface area contributed by atoms with Crippen LogP contribution in [0.4, 0.5) is 0 Å². The van der Waals surface area contributed by atoms with Gasteiger partial charge in [0.2, 0.25) is 0 Å². The Labute approximate surface area is 115 Å². The number of hydrazine groups is 2. The van der Waals surface area contributed by atoms with Gasteiger partial charge < -0.3 is 10.5 Å². The first-order chi connectivity index (χ1) is 8.58. The highest BCUT2D eigenvalue weighted by Gasteiger charge is 2.33. The third-order valence-electron chi connectivity index (χ3n) is 3.59. The number of aliphatic hydroxyl groups is 1. The van der Waals surface area contributed by atoms with Gasteiger partial charge in [-0.25, -0.2) is 0 Å². The summed E-state index contributed by atoms with van der Waals surface area (Å²) >= 11 is 3.47. The fourth-order valence-electron chi connectivity index (χ4n) is 2.68. The summed E-state index contributed by atoms with van der Waals surface area (Å²) in [6.07, 6.45) is 0.273. The number of rotatable bonds is 0. The predicted octanol–water partition coefficient (Wildman–Crippen LogP) is 2.29. The summed E-state index contributed by atoms with van der Waals surface area (Å²) in [5, 5.41) is 12.5. The molecular weight excluding hydrogens is 294 g/mol. The molecule has 18 heavy (non-hydrogen) atoms. The first kappa shape index (κ1) is 12.0. The van der Waals surface area contributed by atoms with E-state index in [2.05, 4.69) is 44.9 Å². The SMILES string of the molecule is CC1=C2c3ccc(Br)cc3C(O)CC(C)N2NN1. The van der Waals surface area contributed by atoms with Gasteiger partial charge in [-0.3, -0.25) is 5.01 Å². The van der Waals surface area contributed by atoms with E-state index in [1.807, 2.05) is 19.1 Å². The summed E-state index contributed by atoms with van der Waals surface area (Å²) in [6, 6.07) is 6.31. The highest BCUT2D eigenvalue weighted by atomic mass is 79.9. The van der Waals surface area contributed by atoms with E-state index in [9.17, 15) is 5.11 Å². The van der Waals surface area contributed by atoms with Gasteiger partial charge in [0.15, 0.2) is 0 Å². The van der Waals surface area contributed by atoms with Crippen LogP contribution in [0.2, 0.25) is 0 Å². The minimum atomic E-state index is -0.430. The second kappa shape index (κ2) is 4.26. The fraction of sp³-hybridized carbons (Fsp3) is 0.385. The molecule has 1 aromatic rings. The summed E-state index contributed by atoms with van der Waals surface area (Å²) in [5.41, 5.74) is 10.6. The van der Waals surface area contributed by atoms with Crippen molar-refractivity contribution in [3.8, 4) is 0 Å². The molecule has 0 bridgehead atoms. The molecule has 2 unspecified atom stereocenters. The van der Waals surface area contributed by atoms with Crippen molar-refractivity contribution in [3.05, 3.63) is 39.5 Å². The molecule has 2 heterocycles. The topological polar surface area (TPSA) is 47.5 Å². The number of aliphatic hydroxyl groups excluding tert-OH is 1. The van der Waals surface area contributed by atoms with Gasteiger partial charge in [-0.05, 0) is 38.0 Å².